The van der Waals surface area contributed by atoms with Crippen molar-refractivity contribution in [3.05, 3.63) is 146 Å². The van der Waals surface area contributed by atoms with Crippen LogP contribution in [0.4, 0.5) is 0 Å². The number of benzene rings is 9. The average Bonchev–Trinajstić information content (AvgIpc) is 3.03. The molecular formula is C40H24. The molecule has 9 aromatic rings. The first kappa shape index (κ1) is 21.7. The van der Waals surface area contributed by atoms with Crippen LogP contribution >= 0.6 is 0 Å². The molecule has 40 heavy (non-hydrogen) atoms. The Kier molecular flexibility index (Phi) is 4.42. The molecule has 0 heteroatoms. The highest BCUT2D eigenvalue weighted by molar-refractivity contribution is 6.27. The van der Waals surface area contributed by atoms with E-state index in [4.69, 9.17) is 0 Å². The predicted molar refractivity (Wildman–Crippen MR) is 174 cm³/mol. The molecule has 0 heterocycles. The van der Waals surface area contributed by atoms with Crippen molar-refractivity contribution in [3.8, 4) is 22.3 Å². The summed E-state index contributed by atoms with van der Waals surface area (Å²) in [5, 5.41) is 15.8. The third kappa shape index (κ3) is 3.02. The molecule has 9 rings (SSSR count). The third-order valence-corrected chi connectivity index (χ3v) is 8.78. The lowest BCUT2D eigenvalue weighted by atomic mass is 9.88. The second-order valence-corrected chi connectivity index (χ2v) is 10.9. The molecule has 0 unspecified atom stereocenters. The molecule has 0 aliphatic carbocycles. The summed E-state index contributed by atoms with van der Waals surface area (Å²) in [7, 11) is 0. The predicted octanol–water partition coefficient (Wildman–Crippen LogP) is 11.4. The van der Waals surface area contributed by atoms with Gasteiger partial charge in [-0.25, -0.2) is 0 Å². The van der Waals surface area contributed by atoms with E-state index in [2.05, 4.69) is 146 Å². The monoisotopic (exact) mass is 504 g/mol. The molecule has 0 spiro atoms. The molecule has 0 atom stereocenters. The van der Waals surface area contributed by atoms with E-state index in [1.807, 2.05) is 0 Å². The van der Waals surface area contributed by atoms with Crippen LogP contribution in [0.15, 0.2) is 146 Å². The first-order valence-electron chi connectivity index (χ1n) is 13.9. The van der Waals surface area contributed by atoms with Crippen LogP contribution in [0.25, 0.3) is 86.9 Å². The Balaban J connectivity index is 1.27. The quantitative estimate of drug-likeness (QED) is 0.205. The minimum atomic E-state index is 1.24. The normalized spacial score (nSPS) is 12.0. The van der Waals surface area contributed by atoms with E-state index < -0.39 is 0 Å². The summed E-state index contributed by atoms with van der Waals surface area (Å²) in [6.07, 6.45) is 0. The number of hydrogen-bond acceptors (Lipinski definition) is 0. The highest BCUT2D eigenvalue weighted by Crippen LogP contribution is 2.41. The lowest BCUT2D eigenvalue weighted by molar-refractivity contribution is 1.63. The van der Waals surface area contributed by atoms with Crippen LogP contribution in [0.1, 0.15) is 0 Å². The summed E-state index contributed by atoms with van der Waals surface area (Å²) in [6.45, 7) is 0. The minimum Gasteiger partial charge on any atom is -0.0616 e. The van der Waals surface area contributed by atoms with Crippen molar-refractivity contribution < 1.29 is 0 Å². The molecule has 0 bridgehead atoms. The van der Waals surface area contributed by atoms with Gasteiger partial charge in [-0.2, -0.15) is 0 Å². The van der Waals surface area contributed by atoms with Gasteiger partial charge in [-0.3, -0.25) is 0 Å². The van der Waals surface area contributed by atoms with Crippen LogP contribution < -0.4 is 0 Å². The Labute approximate surface area is 232 Å². The van der Waals surface area contributed by atoms with Gasteiger partial charge in [0.05, 0.1) is 0 Å². The fourth-order valence-corrected chi connectivity index (χ4v) is 6.94. The average molecular weight is 505 g/mol. The van der Waals surface area contributed by atoms with Crippen molar-refractivity contribution >= 4 is 64.6 Å². The molecule has 0 aromatic heterocycles. The summed E-state index contributed by atoms with van der Waals surface area (Å²) < 4.78 is 0. The van der Waals surface area contributed by atoms with Crippen LogP contribution in [0, 0.1) is 0 Å². The van der Waals surface area contributed by atoms with Gasteiger partial charge in [-0.05, 0) is 99.0 Å². The van der Waals surface area contributed by atoms with E-state index >= 15 is 0 Å². The van der Waals surface area contributed by atoms with Gasteiger partial charge in [0.2, 0.25) is 0 Å². The maximum absolute atomic E-state index is 2.38. The molecule has 0 radical (unpaired) electrons. The highest BCUT2D eigenvalue weighted by atomic mass is 14.2. The first-order chi connectivity index (χ1) is 19.8. The molecule has 0 saturated carbocycles. The lowest BCUT2D eigenvalue weighted by Gasteiger charge is -2.15. The van der Waals surface area contributed by atoms with E-state index in [0.29, 0.717) is 0 Å². The van der Waals surface area contributed by atoms with Crippen molar-refractivity contribution in [2.75, 3.05) is 0 Å². The van der Waals surface area contributed by atoms with Gasteiger partial charge in [0.25, 0.3) is 0 Å². The van der Waals surface area contributed by atoms with Crippen LogP contribution in [0.2, 0.25) is 0 Å². The van der Waals surface area contributed by atoms with Crippen LogP contribution in [-0.4, -0.2) is 0 Å². The second kappa shape index (κ2) is 8.15. The van der Waals surface area contributed by atoms with E-state index in [9.17, 15) is 0 Å². The summed E-state index contributed by atoms with van der Waals surface area (Å²) in [4.78, 5) is 0. The number of hydrogen-bond donors (Lipinski definition) is 0. The van der Waals surface area contributed by atoms with Crippen LogP contribution in [0.3, 0.4) is 0 Å². The number of fused-ring (bicyclic) bond motifs is 6. The van der Waals surface area contributed by atoms with E-state index in [0.717, 1.165) is 0 Å². The molecule has 0 nitrogen and oxygen atoms in total. The highest BCUT2D eigenvalue weighted by Gasteiger charge is 2.13. The zero-order valence-electron chi connectivity index (χ0n) is 21.9. The van der Waals surface area contributed by atoms with Gasteiger partial charge in [0.1, 0.15) is 0 Å². The largest absolute Gasteiger partial charge is 0.0616 e. The molecule has 0 fully saturated rings. The number of rotatable bonds is 2. The Morgan fingerprint density at radius 2 is 0.750 bits per heavy atom. The summed E-state index contributed by atoms with van der Waals surface area (Å²) >= 11 is 0. The maximum atomic E-state index is 2.38. The van der Waals surface area contributed by atoms with E-state index in [1.54, 1.807) is 0 Å². The van der Waals surface area contributed by atoms with Crippen LogP contribution in [0.5, 0.6) is 0 Å². The van der Waals surface area contributed by atoms with Crippen molar-refractivity contribution in [1.29, 1.82) is 0 Å². The molecule has 0 aliphatic rings. The van der Waals surface area contributed by atoms with Crippen molar-refractivity contribution in [2.45, 2.75) is 0 Å². The van der Waals surface area contributed by atoms with Gasteiger partial charge in [0, 0.05) is 0 Å². The smallest absolute Gasteiger partial charge is 0.00206 e. The summed E-state index contributed by atoms with van der Waals surface area (Å²) in [5.74, 6) is 0. The molecule has 0 amide bonds. The summed E-state index contributed by atoms with van der Waals surface area (Å²) in [5.41, 5.74) is 5.01. The third-order valence-electron chi connectivity index (χ3n) is 8.78. The van der Waals surface area contributed by atoms with Gasteiger partial charge in [-0.1, -0.05) is 133 Å². The van der Waals surface area contributed by atoms with Crippen molar-refractivity contribution in [3.63, 3.8) is 0 Å². The standard InChI is InChI=1S/C40H24/c1-2-13-34-32(11-1)33-12-3-4-14-35(33)38-24-29(19-21-36(34)38)28-9-6-10-30(23-28)31-20-17-27-16-15-25-7-5-8-26-18-22-37(31)40(27)39(25)26/h1-24H. The summed E-state index contributed by atoms with van der Waals surface area (Å²) in [6, 6.07) is 53.9. The molecule has 0 aliphatic heterocycles. The fraction of sp³-hybridized carbons (Fsp3) is 0. The van der Waals surface area contributed by atoms with Gasteiger partial charge >= 0.3 is 0 Å². The fourth-order valence-electron chi connectivity index (χ4n) is 6.94. The molecular weight excluding hydrogens is 480 g/mol. The zero-order chi connectivity index (χ0) is 26.2. The molecule has 9 aromatic carbocycles. The van der Waals surface area contributed by atoms with Gasteiger partial charge in [-0.15, -0.1) is 0 Å². The zero-order valence-corrected chi connectivity index (χ0v) is 21.9. The van der Waals surface area contributed by atoms with E-state index in [1.165, 1.54) is 86.9 Å². The SMILES string of the molecule is c1cc(-c2ccc3c4ccccc4c4ccccc4c3c2)cc(-c2ccc3ccc4cccc5ccc2c3c45)c1. The van der Waals surface area contributed by atoms with Gasteiger partial charge in [0.15, 0.2) is 0 Å². The Bertz CT molecular complexity index is 2370. The van der Waals surface area contributed by atoms with E-state index in [-0.39, 0.29) is 0 Å². The minimum absolute atomic E-state index is 1.24. The second-order valence-electron chi connectivity index (χ2n) is 10.9. The van der Waals surface area contributed by atoms with Gasteiger partial charge < -0.3 is 0 Å². The Morgan fingerprint density at radius 1 is 0.250 bits per heavy atom. The lowest BCUT2D eigenvalue weighted by Crippen LogP contribution is -1.88. The molecule has 0 N–H and O–H groups in total. The Morgan fingerprint density at radius 3 is 1.48 bits per heavy atom. The Hall–Kier alpha value is -5.20. The van der Waals surface area contributed by atoms with Crippen LogP contribution in [-0.2, 0) is 0 Å². The van der Waals surface area contributed by atoms with Crippen molar-refractivity contribution in [1.82, 2.24) is 0 Å². The van der Waals surface area contributed by atoms with Crippen molar-refractivity contribution in [2.24, 2.45) is 0 Å². The molecule has 184 valence electrons. The first-order valence-corrected chi connectivity index (χ1v) is 13.9. The topological polar surface area (TPSA) is 0 Å². The maximum Gasteiger partial charge on any atom is -0.00206 e. The molecule has 0 saturated heterocycles.